The lowest BCUT2D eigenvalue weighted by atomic mass is 9.75. The van der Waals surface area contributed by atoms with Crippen molar-refractivity contribution < 1.29 is 4.79 Å². The monoisotopic (exact) mass is 318 g/mol. The van der Waals surface area contributed by atoms with E-state index in [9.17, 15) is 4.79 Å². The summed E-state index contributed by atoms with van der Waals surface area (Å²) in [6.07, 6.45) is 4.27. The van der Waals surface area contributed by atoms with Gasteiger partial charge in [-0.25, -0.2) is 0 Å². The Kier molecular flexibility index (Phi) is 3.11. The van der Waals surface area contributed by atoms with Crippen molar-refractivity contribution in [3.05, 3.63) is 71.3 Å². The number of nitrogens with zero attached hydrogens (tertiary/aromatic N) is 1. The van der Waals surface area contributed by atoms with Crippen LogP contribution in [0.1, 0.15) is 30.5 Å². The molecule has 1 atom stereocenters. The molecule has 0 radical (unpaired) electrons. The van der Waals surface area contributed by atoms with E-state index in [1.807, 2.05) is 6.07 Å². The first-order valence-electron chi connectivity index (χ1n) is 8.38. The standard InChI is InChI=1S/C21H22N2O/c1-15-8-10-16(11-9-15)12-13-21-20(2,3)17-6-4-5-7-18(17)23(21)14-19(24)22-21/h4-13H,14H2,1-3H3,(H,22,24)/b13-12+/t21-/m1/s1. The summed E-state index contributed by atoms with van der Waals surface area (Å²) >= 11 is 0. The van der Waals surface area contributed by atoms with Crippen LogP contribution in [0.4, 0.5) is 5.69 Å². The van der Waals surface area contributed by atoms with E-state index in [2.05, 4.69) is 85.6 Å². The molecule has 1 N–H and O–H groups in total. The highest BCUT2D eigenvalue weighted by Crippen LogP contribution is 2.52. The van der Waals surface area contributed by atoms with Gasteiger partial charge in [0.05, 0.1) is 6.54 Å². The van der Waals surface area contributed by atoms with Gasteiger partial charge in [-0.15, -0.1) is 0 Å². The number of anilines is 1. The van der Waals surface area contributed by atoms with E-state index < -0.39 is 5.66 Å². The lowest BCUT2D eigenvalue weighted by Crippen LogP contribution is -2.58. The van der Waals surface area contributed by atoms with E-state index in [1.54, 1.807) is 0 Å². The molecule has 0 bridgehead atoms. The molecule has 24 heavy (non-hydrogen) atoms. The number of hydrogen-bond acceptors (Lipinski definition) is 2. The Morgan fingerprint density at radius 3 is 2.54 bits per heavy atom. The second kappa shape index (κ2) is 4.97. The van der Waals surface area contributed by atoms with Crippen molar-refractivity contribution >= 4 is 17.7 Å². The van der Waals surface area contributed by atoms with Crippen molar-refractivity contribution in [2.45, 2.75) is 31.8 Å². The van der Waals surface area contributed by atoms with Gasteiger partial charge >= 0.3 is 0 Å². The van der Waals surface area contributed by atoms with Gasteiger partial charge in [-0.05, 0) is 30.2 Å². The molecular weight excluding hydrogens is 296 g/mol. The van der Waals surface area contributed by atoms with Crippen LogP contribution < -0.4 is 10.2 Å². The highest BCUT2D eigenvalue weighted by Gasteiger charge is 2.59. The zero-order valence-corrected chi connectivity index (χ0v) is 14.3. The molecule has 2 aromatic carbocycles. The van der Waals surface area contributed by atoms with Crippen LogP contribution in [0.5, 0.6) is 0 Å². The number of hydrogen-bond donors (Lipinski definition) is 1. The maximum Gasteiger partial charge on any atom is 0.241 e. The molecule has 2 aromatic rings. The molecule has 2 heterocycles. The fraction of sp³-hybridized carbons (Fsp3) is 0.286. The van der Waals surface area contributed by atoms with E-state index >= 15 is 0 Å². The zero-order chi connectivity index (χ0) is 16.9. The van der Waals surface area contributed by atoms with E-state index in [4.69, 9.17) is 0 Å². The zero-order valence-electron chi connectivity index (χ0n) is 14.3. The molecule has 1 saturated heterocycles. The largest absolute Gasteiger partial charge is 0.335 e. The topological polar surface area (TPSA) is 32.3 Å². The van der Waals surface area contributed by atoms with Crippen LogP contribution in [0.25, 0.3) is 6.08 Å². The highest BCUT2D eigenvalue weighted by atomic mass is 16.2. The minimum Gasteiger partial charge on any atom is -0.335 e. The van der Waals surface area contributed by atoms with Crippen molar-refractivity contribution in [3.8, 4) is 0 Å². The van der Waals surface area contributed by atoms with Gasteiger partial charge in [0.1, 0.15) is 5.66 Å². The molecule has 1 fully saturated rings. The smallest absolute Gasteiger partial charge is 0.241 e. The maximum absolute atomic E-state index is 12.2. The summed E-state index contributed by atoms with van der Waals surface area (Å²) < 4.78 is 0. The van der Waals surface area contributed by atoms with Crippen LogP contribution in [0, 0.1) is 6.92 Å². The van der Waals surface area contributed by atoms with Crippen molar-refractivity contribution in [2.24, 2.45) is 0 Å². The lowest BCUT2D eigenvalue weighted by Gasteiger charge is -2.40. The summed E-state index contributed by atoms with van der Waals surface area (Å²) in [5.41, 5.74) is 4.08. The molecule has 122 valence electrons. The van der Waals surface area contributed by atoms with Crippen LogP contribution in [-0.2, 0) is 10.2 Å². The summed E-state index contributed by atoms with van der Waals surface area (Å²) in [6, 6.07) is 16.8. The van der Waals surface area contributed by atoms with Gasteiger partial charge in [-0.1, -0.05) is 68.0 Å². The Hall–Kier alpha value is -2.55. The normalized spacial score (nSPS) is 24.1. The van der Waals surface area contributed by atoms with Crippen LogP contribution in [-0.4, -0.2) is 18.1 Å². The summed E-state index contributed by atoms with van der Waals surface area (Å²) in [7, 11) is 0. The fourth-order valence-electron chi connectivity index (χ4n) is 4.03. The second-order valence-corrected chi connectivity index (χ2v) is 7.29. The van der Waals surface area contributed by atoms with Crippen molar-refractivity contribution in [1.29, 1.82) is 0 Å². The second-order valence-electron chi connectivity index (χ2n) is 7.29. The Morgan fingerprint density at radius 1 is 1.08 bits per heavy atom. The van der Waals surface area contributed by atoms with Crippen molar-refractivity contribution in [1.82, 2.24) is 5.32 Å². The predicted molar refractivity (Wildman–Crippen MR) is 97.9 cm³/mol. The van der Waals surface area contributed by atoms with Gasteiger partial charge in [-0.3, -0.25) is 4.79 Å². The molecule has 0 saturated carbocycles. The molecule has 3 nitrogen and oxygen atoms in total. The van der Waals surface area contributed by atoms with Gasteiger partial charge in [0.2, 0.25) is 5.91 Å². The third-order valence-electron chi connectivity index (χ3n) is 5.47. The fourth-order valence-corrected chi connectivity index (χ4v) is 4.03. The SMILES string of the molecule is Cc1ccc(/C=C/[C@@]23NC(=O)CN2c2ccccc2C3(C)C)cc1. The Balaban J connectivity index is 1.82. The number of amides is 1. The quantitative estimate of drug-likeness (QED) is 0.917. The average Bonchev–Trinajstić information content (AvgIpc) is 2.99. The van der Waals surface area contributed by atoms with Crippen molar-refractivity contribution in [2.75, 3.05) is 11.4 Å². The molecule has 2 aliphatic heterocycles. The van der Waals surface area contributed by atoms with Crippen LogP contribution in [0.3, 0.4) is 0 Å². The molecule has 2 aliphatic rings. The van der Waals surface area contributed by atoms with Gasteiger partial charge in [0.15, 0.2) is 0 Å². The third-order valence-corrected chi connectivity index (χ3v) is 5.47. The third kappa shape index (κ3) is 1.94. The minimum atomic E-state index is -0.515. The summed E-state index contributed by atoms with van der Waals surface area (Å²) in [6.45, 7) is 6.90. The first-order chi connectivity index (χ1) is 11.4. The molecule has 3 heteroatoms. The lowest BCUT2D eigenvalue weighted by molar-refractivity contribution is -0.118. The number of carbonyl (C=O) groups excluding carboxylic acids is 1. The van der Waals surface area contributed by atoms with Gasteiger partial charge in [-0.2, -0.15) is 0 Å². The van der Waals surface area contributed by atoms with E-state index in [1.165, 1.54) is 11.1 Å². The molecule has 1 amide bonds. The average molecular weight is 318 g/mol. The number of fused-ring (bicyclic) bond motifs is 3. The number of rotatable bonds is 2. The number of benzene rings is 2. The van der Waals surface area contributed by atoms with E-state index in [0.717, 1.165) is 11.3 Å². The number of aryl methyl sites for hydroxylation is 1. The summed E-state index contributed by atoms with van der Waals surface area (Å²) in [5, 5.41) is 3.25. The number of carbonyl (C=O) groups is 1. The van der Waals surface area contributed by atoms with Crippen molar-refractivity contribution in [3.63, 3.8) is 0 Å². The number of nitrogens with one attached hydrogen (secondary N) is 1. The molecule has 4 rings (SSSR count). The minimum absolute atomic E-state index is 0.0751. The Bertz CT molecular complexity index is 835. The molecule has 0 unspecified atom stereocenters. The van der Waals surface area contributed by atoms with Gasteiger partial charge in [0.25, 0.3) is 0 Å². The molecule has 0 spiro atoms. The van der Waals surface area contributed by atoms with Crippen LogP contribution >= 0.6 is 0 Å². The Labute approximate surface area is 143 Å². The molecule has 0 aromatic heterocycles. The van der Waals surface area contributed by atoms with Gasteiger partial charge < -0.3 is 10.2 Å². The maximum atomic E-state index is 12.2. The van der Waals surface area contributed by atoms with Crippen LogP contribution in [0.15, 0.2) is 54.6 Å². The van der Waals surface area contributed by atoms with Crippen LogP contribution in [0.2, 0.25) is 0 Å². The first kappa shape index (κ1) is 15.0. The van der Waals surface area contributed by atoms with E-state index in [-0.39, 0.29) is 11.3 Å². The first-order valence-corrected chi connectivity index (χ1v) is 8.38. The molecular formula is C21H22N2O. The Morgan fingerprint density at radius 2 is 1.79 bits per heavy atom. The number of para-hydroxylation sites is 1. The predicted octanol–water partition coefficient (Wildman–Crippen LogP) is 3.63. The highest BCUT2D eigenvalue weighted by molar-refractivity contribution is 5.91. The summed E-state index contributed by atoms with van der Waals surface area (Å²) in [4.78, 5) is 14.4. The summed E-state index contributed by atoms with van der Waals surface area (Å²) in [5.74, 6) is 0.0751. The molecule has 0 aliphatic carbocycles. The van der Waals surface area contributed by atoms with E-state index in [0.29, 0.717) is 6.54 Å². The van der Waals surface area contributed by atoms with Gasteiger partial charge in [0, 0.05) is 11.1 Å².